The van der Waals surface area contributed by atoms with Crippen LogP contribution in [-0.4, -0.2) is 27.9 Å². The van der Waals surface area contributed by atoms with Gasteiger partial charge in [0.25, 0.3) is 0 Å². The van der Waals surface area contributed by atoms with Gasteiger partial charge in [-0.15, -0.1) is 34.4 Å². The molecule has 0 aliphatic rings. The molecular weight excluding hydrogens is 502 g/mol. The average molecular weight is 522 g/mol. The van der Waals surface area contributed by atoms with Crippen LogP contribution >= 0.6 is 34.4 Å². The fraction of sp³-hybridized carbons (Fsp3) is 0.0400. The molecule has 3 N–H and O–H groups in total. The number of rotatable bonds is 9. The summed E-state index contributed by atoms with van der Waals surface area (Å²) in [5.41, 5.74) is 2.14. The van der Waals surface area contributed by atoms with Gasteiger partial charge in [-0.05, 0) is 35.2 Å². The van der Waals surface area contributed by atoms with Crippen LogP contribution in [0.2, 0.25) is 0 Å². The Bertz CT molecular complexity index is 1350. The van der Waals surface area contributed by atoms with Gasteiger partial charge in [-0.3, -0.25) is 9.59 Å². The van der Waals surface area contributed by atoms with Crippen LogP contribution < -0.4 is 10.6 Å². The molecule has 2 aromatic carbocycles. The average Bonchev–Trinajstić information content (AvgIpc) is 3.54. The third kappa shape index (κ3) is 6.89. The van der Waals surface area contributed by atoms with Crippen molar-refractivity contribution >= 4 is 63.0 Å². The molecule has 7 nitrogen and oxygen atoms in total. The lowest BCUT2D eigenvalue weighted by molar-refractivity contribution is -0.131. The second-order valence-electron chi connectivity index (χ2n) is 7.10. The molecule has 176 valence electrons. The first-order chi connectivity index (χ1) is 17.0. The number of anilines is 2. The van der Waals surface area contributed by atoms with Gasteiger partial charge in [-0.1, -0.05) is 42.5 Å². The van der Waals surface area contributed by atoms with Crippen molar-refractivity contribution in [2.45, 2.75) is 10.1 Å². The molecule has 10 heteroatoms. The molecule has 0 saturated heterocycles. The largest absolute Gasteiger partial charge is 0.478 e. The molecule has 4 rings (SSSR count). The Morgan fingerprint density at radius 3 is 2.51 bits per heavy atom. The van der Waals surface area contributed by atoms with Crippen molar-refractivity contribution in [3.8, 4) is 10.6 Å². The van der Waals surface area contributed by atoms with Gasteiger partial charge in [-0.25, -0.2) is 9.78 Å². The Morgan fingerprint density at radius 2 is 1.77 bits per heavy atom. The van der Waals surface area contributed by atoms with E-state index in [0.29, 0.717) is 10.8 Å². The first-order valence-electron chi connectivity index (χ1n) is 10.3. The zero-order valence-electron chi connectivity index (χ0n) is 18.1. The first-order valence-corrected chi connectivity index (χ1v) is 13.0. The zero-order chi connectivity index (χ0) is 24.6. The lowest BCUT2D eigenvalue weighted by Gasteiger charge is -2.16. The van der Waals surface area contributed by atoms with Crippen LogP contribution in [0.4, 0.5) is 10.8 Å². The van der Waals surface area contributed by atoms with E-state index in [1.165, 1.54) is 23.1 Å². The van der Waals surface area contributed by atoms with Crippen LogP contribution in [0.1, 0.15) is 10.8 Å². The molecule has 1 unspecified atom stereocenters. The maximum absolute atomic E-state index is 13.3. The summed E-state index contributed by atoms with van der Waals surface area (Å²) in [6, 6.07) is 20.4. The number of benzene rings is 2. The number of thiazole rings is 1. The van der Waals surface area contributed by atoms with Gasteiger partial charge in [0.15, 0.2) is 5.13 Å². The predicted octanol–water partition coefficient (Wildman–Crippen LogP) is 5.92. The highest BCUT2D eigenvalue weighted by atomic mass is 32.2. The molecule has 0 radical (unpaired) electrons. The van der Waals surface area contributed by atoms with E-state index in [0.717, 1.165) is 33.2 Å². The predicted molar refractivity (Wildman–Crippen MR) is 141 cm³/mol. The highest BCUT2D eigenvalue weighted by molar-refractivity contribution is 8.00. The molecule has 0 bridgehead atoms. The monoisotopic (exact) mass is 521 g/mol. The van der Waals surface area contributed by atoms with Crippen LogP contribution in [0.15, 0.2) is 94.5 Å². The number of aliphatic carboxylic acids is 1. The molecule has 2 aromatic heterocycles. The quantitative estimate of drug-likeness (QED) is 0.186. The van der Waals surface area contributed by atoms with E-state index in [4.69, 9.17) is 5.11 Å². The molecule has 2 heterocycles. The maximum Gasteiger partial charge on any atom is 0.328 e. The highest BCUT2D eigenvalue weighted by Gasteiger charge is 2.23. The normalized spacial score (nSPS) is 11.8. The maximum atomic E-state index is 13.3. The Labute approximate surface area is 213 Å². The summed E-state index contributed by atoms with van der Waals surface area (Å²) in [4.78, 5) is 42.2. The van der Waals surface area contributed by atoms with Gasteiger partial charge in [0.05, 0.1) is 10.6 Å². The van der Waals surface area contributed by atoms with Gasteiger partial charge < -0.3 is 15.7 Å². The third-order valence-corrected chi connectivity index (χ3v) is 7.48. The SMILES string of the molecule is O=C(O)/C=C/C(=O)Nc1cccc(SC(C(=O)Nc2nc(-c3cccs3)cs2)c2ccccc2)c1. The number of hydrogen-bond donors (Lipinski definition) is 3. The zero-order valence-corrected chi connectivity index (χ0v) is 20.5. The number of thioether (sulfide) groups is 1. The molecular formula is C25H19N3O4S3. The van der Waals surface area contributed by atoms with Gasteiger partial charge >= 0.3 is 5.97 Å². The van der Waals surface area contributed by atoms with E-state index in [9.17, 15) is 14.4 Å². The van der Waals surface area contributed by atoms with E-state index < -0.39 is 17.1 Å². The van der Waals surface area contributed by atoms with E-state index in [1.54, 1.807) is 29.5 Å². The summed E-state index contributed by atoms with van der Waals surface area (Å²) in [6.45, 7) is 0. The number of carbonyl (C=O) groups is 3. The summed E-state index contributed by atoms with van der Waals surface area (Å²) in [6.07, 6.45) is 1.72. The summed E-state index contributed by atoms with van der Waals surface area (Å²) >= 11 is 4.29. The number of amides is 2. The minimum Gasteiger partial charge on any atom is -0.478 e. The van der Waals surface area contributed by atoms with Crippen molar-refractivity contribution in [1.29, 1.82) is 0 Å². The number of hydrogen-bond acceptors (Lipinski definition) is 7. The summed E-state index contributed by atoms with van der Waals surface area (Å²) in [7, 11) is 0. The number of carboxylic acid groups (broad SMARTS) is 1. The van der Waals surface area contributed by atoms with Crippen molar-refractivity contribution in [1.82, 2.24) is 4.98 Å². The van der Waals surface area contributed by atoms with Crippen molar-refractivity contribution in [3.63, 3.8) is 0 Å². The van der Waals surface area contributed by atoms with Crippen molar-refractivity contribution < 1.29 is 19.5 Å². The third-order valence-electron chi connectivity index (χ3n) is 4.58. The van der Waals surface area contributed by atoms with Crippen molar-refractivity contribution in [2.24, 2.45) is 0 Å². The topological polar surface area (TPSA) is 108 Å². The summed E-state index contributed by atoms with van der Waals surface area (Å²) in [5, 5.41) is 18.1. The van der Waals surface area contributed by atoms with Crippen molar-refractivity contribution in [3.05, 3.63) is 95.2 Å². The molecule has 0 aliphatic carbocycles. The minimum atomic E-state index is -1.20. The summed E-state index contributed by atoms with van der Waals surface area (Å²) in [5.74, 6) is -1.98. The van der Waals surface area contributed by atoms with E-state index >= 15 is 0 Å². The molecule has 35 heavy (non-hydrogen) atoms. The molecule has 0 spiro atoms. The number of carboxylic acids is 1. The Kier molecular flexibility index (Phi) is 8.09. The van der Waals surface area contributed by atoms with Gasteiger partial charge in [0.1, 0.15) is 5.25 Å². The number of carbonyl (C=O) groups excluding carboxylic acids is 2. The lowest BCUT2D eigenvalue weighted by Crippen LogP contribution is -2.19. The standard InChI is InChI=1S/C25H19N3O4S3/c29-21(11-12-22(30)31)26-17-8-4-9-18(14-17)35-23(16-6-2-1-3-7-16)24(32)28-25-27-19(15-34-25)20-10-5-13-33-20/h1-15,23H,(H,26,29)(H,30,31)(H,27,28,32)/b12-11+. The lowest BCUT2D eigenvalue weighted by atomic mass is 10.1. The second-order valence-corrected chi connectivity index (χ2v) is 10.1. The van der Waals surface area contributed by atoms with Gasteiger partial charge in [0, 0.05) is 28.1 Å². The minimum absolute atomic E-state index is 0.216. The van der Waals surface area contributed by atoms with Crippen LogP contribution in [0.5, 0.6) is 0 Å². The fourth-order valence-electron chi connectivity index (χ4n) is 3.05. The number of nitrogens with zero attached hydrogens (tertiary/aromatic N) is 1. The molecule has 0 aliphatic heterocycles. The van der Waals surface area contributed by atoms with Gasteiger partial charge in [-0.2, -0.15) is 0 Å². The van der Waals surface area contributed by atoms with Gasteiger partial charge in [0.2, 0.25) is 11.8 Å². The van der Waals surface area contributed by atoms with Crippen LogP contribution in [0.25, 0.3) is 10.6 Å². The van der Waals surface area contributed by atoms with Crippen LogP contribution in [0.3, 0.4) is 0 Å². The molecule has 2 amide bonds. The first kappa shape index (κ1) is 24.4. The van der Waals surface area contributed by atoms with Crippen molar-refractivity contribution in [2.75, 3.05) is 10.6 Å². The number of thiophene rings is 1. The molecule has 0 fully saturated rings. The van der Waals surface area contributed by atoms with Crippen LogP contribution in [0, 0.1) is 0 Å². The second kappa shape index (κ2) is 11.6. The molecule has 1 atom stereocenters. The Balaban J connectivity index is 1.51. The highest BCUT2D eigenvalue weighted by Crippen LogP contribution is 2.38. The van der Waals surface area contributed by atoms with Crippen LogP contribution in [-0.2, 0) is 14.4 Å². The Morgan fingerprint density at radius 1 is 0.943 bits per heavy atom. The molecule has 0 saturated carbocycles. The number of nitrogens with one attached hydrogen (secondary N) is 2. The smallest absolute Gasteiger partial charge is 0.328 e. The van der Waals surface area contributed by atoms with E-state index in [1.807, 2.05) is 59.3 Å². The van der Waals surface area contributed by atoms with E-state index in [2.05, 4.69) is 15.6 Å². The Hall–Kier alpha value is -3.73. The number of aromatic nitrogens is 1. The summed E-state index contributed by atoms with van der Waals surface area (Å²) < 4.78 is 0. The fourth-order valence-corrected chi connectivity index (χ4v) is 5.61. The molecule has 4 aromatic rings. The van der Waals surface area contributed by atoms with E-state index in [-0.39, 0.29) is 5.91 Å².